The van der Waals surface area contributed by atoms with Crippen molar-refractivity contribution in [1.29, 1.82) is 0 Å². The number of hydrogen-bond acceptors (Lipinski definition) is 3. The van der Waals surface area contributed by atoms with Crippen LogP contribution in [-0.2, 0) is 16.0 Å². The molecular formula is C13H15NO3S. The first-order chi connectivity index (χ1) is 8.63. The van der Waals surface area contributed by atoms with Gasteiger partial charge >= 0.3 is 5.97 Å². The molecule has 1 atom stereocenters. The van der Waals surface area contributed by atoms with Crippen LogP contribution < -0.4 is 4.90 Å². The first-order valence-corrected chi connectivity index (χ1v) is 7.00. The number of carboxylic acids is 1. The molecule has 0 aliphatic carbocycles. The van der Waals surface area contributed by atoms with Gasteiger partial charge in [0.2, 0.25) is 5.91 Å². The smallest absolute Gasteiger partial charge is 0.327 e. The van der Waals surface area contributed by atoms with Crippen molar-refractivity contribution in [1.82, 2.24) is 0 Å². The molecule has 96 valence electrons. The fourth-order valence-electron chi connectivity index (χ4n) is 1.97. The Balaban J connectivity index is 2.31. The Morgan fingerprint density at radius 3 is 2.67 bits per heavy atom. The number of carbonyl (C=O) groups excluding carboxylic acids is 1. The maximum atomic E-state index is 11.9. The van der Waals surface area contributed by atoms with Gasteiger partial charge in [-0.1, -0.05) is 19.1 Å². The summed E-state index contributed by atoms with van der Waals surface area (Å²) in [7, 11) is 0. The molecule has 0 aromatic heterocycles. The lowest BCUT2D eigenvalue weighted by molar-refractivity contribution is -0.139. The largest absolute Gasteiger partial charge is 0.480 e. The molecule has 1 heterocycles. The summed E-state index contributed by atoms with van der Waals surface area (Å²) in [6, 6.07) is 6.75. The number of benzene rings is 1. The third-order valence-corrected chi connectivity index (χ3v) is 3.99. The van der Waals surface area contributed by atoms with Gasteiger partial charge in [0.05, 0.1) is 5.75 Å². The van der Waals surface area contributed by atoms with Crippen molar-refractivity contribution >= 4 is 29.3 Å². The van der Waals surface area contributed by atoms with E-state index < -0.39 is 12.0 Å². The van der Waals surface area contributed by atoms with Crippen LogP contribution in [0.4, 0.5) is 5.69 Å². The zero-order valence-electron chi connectivity index (χ0n) is 10.1. The Hall–Kier alpha value is -1.49. The molecule has 0 saturated carbocycles. The third-order valence-electron chi connectivity index (χ3n) is 2.99. The van der Waals surface area contributed by atoms with Gasteiger partial charge in [-0.05, 0) is 24.1 Å². The Morgan fingerprint density at radius 1 is 1.44 bits per heavy atom. The number of anilines is 1. The lowest BCUT2D eigenvalue weighted by atomic mass is 10.1. The highest BCUT2D eigenvalue weighted by atomic mass is 32.2. The second kappa shape index (κ2) is 5.44. The summed E-state index contributed by atoms with van der Waals surface area (Å²) >= 11 is 1.37. The summed E-state index contributed by atoms with van der Waals surface area (Å²) in [5.74, 6) is -0.298. The van der Waals surface area contributed by atoms with Crippen molar-refractivity contribution in [2.45, 2.75) is 19.4 Å². The minimum Gasteiger partial charge on any atom is -0.480 e. The number of amides is 1. The van der Waals surface area contributed by atoms with Crippen LogP contribution in [0.2, 0.25) is 0 Å². The minimum atomic E-state index is -0.949. The Morgan fingerprint density at radius 2 is 2.11 bits per heavy atom. The summed E-state index contributed by atoms with van der Waals surface area (Å²) in [5.41, 5.74) is 1.84. The van der Waals surface area contributed by atoms with Crippen molar-refractivity contribution in [2.75, 3.05) is 16.4 Å². The van der Waals surface area contributed by atoms with E-state index in [4.69, 9.17) is 0 Å². The number of carbonyl (C=O) groups is 2. The van der Waals surface area contributed by atoms with Crippen LogP contribution in [0, 0.1) is 0 Å². The van der Waals surface area contributed by atoms with Crippen LogP contribution in [0.3, 0.4) is 0 Å². The topological polar surface area (TPSA) is 57.6 Å². The van der Waals surface area contributed by atoms with Gasteiger partial charge in [-0.2, -0.15) is 0 Å². The van der Waals surface area contributed by atoms with E-state index in [1.165, 1.54) is 22.2 Å². The molecule has 18 heavy (non-hydrogen) atoms. The number of rotatable bonds is 3. The molecule has 0 bridgehead atoms. The molecule has 1 fully saturated rings. The summed E-state index contributed by atoms with van der Waals surface area (Å²) in [4.78, 5) is 24.5. The Labute approximate surface area is 110 Å². The Kier molecular flexibility index (Phi) is 3.91. The Bertz CT molecular complexity index is 458. The van der Waals surface area contributed by atoms with E-state index in [9.17, 15) is 14.7 Å². The predicted molar refractivity (Wildman–Crippen MR) is 72.1 cm³/mol. The number of aryl methyl sites for hydroxylation is 1. The lowest BCUT2D eigenvalue weighted by Crippen LogP contribution is -2.50. The van der Waals surface area contributed by atoms with Crippen molar-refractivity contribution in [3.63, 3.8) is 0 Å². The first kappa shape index (κ1) is 13.0. The number of hydrogen-bond donors (Lipinski definition) is 1. The average molecular weight is 265 g/mol. The van der Waals surface area contributed by atoms with E-state index in [1.807, 2.05) is 24.3 Å². The van der Waals surface area contributed by atoms with E-state index in [2.05, 4.69) is 6.92 Å². The molecule has 0 spiro atoms. The summed E-state index contributed by atoms with van der Waals surface area (Å²) < 4.78 is 0. The van der Waals surface area contributed by atoms with E-state index in [-0.39, 0.29) is 5.91 Å². The van der Waals surface area contributed by atoms with Crippen LogP contribution in [-0.4, -0.2) is 34.5 Å². The minimum absolute atomic E-state index is 0.136. The van der Waals surface area contributed by atoms with Gasteiger partial charge in [-0.25, -0.2) is 4.79 Å². The van der Waals surface area contributed by atoms with E-state index in [0.29, 0.717) is 17.2 Å². The molecule has 1 unspecified atom stereocenters. The molecule has 1 amide bonds. The standard InChI is InChI=1S/C13H15NO3S/c1-2-9-3-5-10(6-4-9)14-11(13(16)17)7-18-8-12(14)15/h3-6,11H,2,7-8H2,1H3,(H,16,17). The zero-order chi connectivity index (χ0) is 13.1. The van der Waals surface area contributed by atoms with Crippen LogP contribution in [0.15, 0.2) is 24.3 Å². The van der Waals surface area contributed by atoms with Gasteiger partial charge in [0.15, 0.2) is 0 Å². The van der Waals surface area contributed by atoms with Gasteiger partial charge in [-0.15, -0.1) is 11.8 Å². The van der Waals surface area contributed by atoms with Crippen LogP contribution >= 0.6 is 11.8 Å². The van der Waals surface area contributed by atoms with Gasteiger partial charge in [0.1, 0.15) is 6.04 Å². The molecular weight excluding hydrogens is 250 g/mol. The highest BCUT2D eigenvalue weighted by molar-refractivity contribution is 8.00. The van der Waals surface area contributed by atoms with Crippen LogP contribution in [0.1, 0.15) is 12.5 Å². The number of carboxylic acid groups (broad SMARTS) is 1. The van der Waals surface area contributed by atoms with Crippen molar-refractivity contribution < 1.29 is 14.7 Å². The summed E-state index contributed by atoms with van der Waals surface area (Å²) in [6.07, 6.45) is 0.923. The molecule has 1 saturated heterocycles. The summed E-state index contributed by atoms with van der Waals surface area (Å²) in [5, 5.41) is 9.18. The quantitative estimate of drug-likeness (QED) is 0.905. The molecule has 1 N–H and O–H groups in total. The third kappa shape index (κ3) is 2.51. The fourth-order valence-corrected chi connectivity index (χ4v) is 2.92. The SMILES string of the molecule is CCc1ccc(N2C(=O)CSCC2C(=O)O)cc1. The first-order valence-electron chi connectivity index (χ1n) is 5.85. The van der Waals surface area contributed by atoms with Crippen molar-refractivity contribution in [2.24, 2.45) is 0 Å². The average Bonchev–Trinajstić information content (AvgIpc) is 2.38. The summed E-state index contributed by atoms with van der Waals surface area (Å²) in [6.45, 7) is 2.05. The normalized spacial score (nSPS) is 19.9. The van der Waals surface area contributed by atoms with Gasteiger partial charge < -0.3 is 5.11 Å². The number of nitrogens with zero attached hydrogens (tertiary/aromatic N) is 1. The maximum absolute atomic E-state index is 11.9. The number of thioether (sulfide) groups is 1. The molecule has 1 aliphatic heterocycles. The lowest BCUT2D eigenvalue weighted by Gasteiger charge is -2.32. The molecule has 2 rings (SSSR count). The van der Waals surface area contributed by atoms with Crippen LogP contribution in [0.25, 0.3) is 0 Å². The highest BCUT2D eigenvalue weighted by Crippen LogP contribution is 2.25. The van der Waals surface area contributed by atoms with E-state index in [1.54, 1.807) is 0 Å². The van der Waals surface area contributed by atoms with E-state index in [0.717, 1.165) is 6.42 Å². The molecule has 1 aromatic rings. The van der Waals surface area contributed by atoms with E-state index >= 15 is 0 Å². The van der Waals surface area contributed by atoms with Crippen LogP contribution in [0.5, 0.6) is 0 Å². The predicted octanol–water partition coefficient (Wildman–Crippen LogP) is 1.78. The van der Waals surface area contributed by atoms with Gasteiger partial charge in [0, 0.05) is 11.4 Å². The molecule has 5 heteroatoms. The molecule has 4 nitrogen and oxygen atoms in total. The number of aliphatic carboxylic acids is 1. The maximum Gasteiger partial charge on any atom is 0.327 e. The molecule has 1 aromatic carbocycles. The monoisotopic (exact) mass is 265 g/mol. The highest BCUT2D eigenvalue weighted by Gasteiger charge is 2.34. The van der Waals surface area contributed by atoms with Crippen molar-refractivity contribution in [3.8, 4) is 0 Å². The fraction of sp³-hybridized carbons (Fsp3) is 0.385. The zero-order valence-corrected chi connectivity index (χ0v) is 10.9. The molecule has 1 aliphatic rings. The van der Waals surface area contributed by atoms with Gasteiger partial charge in [0.25, 0.3) is 0 Å². The van der Waals surface area contributed by atoms with Gasteiger partial charge in [-0.3, -0.25) is 9.69 Å². The molecule has 0 radical (unpaired) electrons. The van der Waals surface area contributed by atoms with Crippen molar-refractivity contribution in [3.05, 3.63) is 29.8 Å². The second-order valence-corrected chi connectivity index (χ2v) is 5.18. The second-order valence-electron chi connectivity index (χ2n) is 4.15.